The summed E-state index contributed by atoms with van der Waals surface area (Å²) in [4.78, 5) is 2.69. The maximum Gasteiger partial charge on any atom is 0.0336 e. The van der Waals surface area contributed by atoms with E-state index in [4.69, 9.17) is 5.73 Å². The first-order valence-corrected chi connectivity index (χ1v) is 7.45. The van der Waals surface area contributed by atoms with E-state index in [1.165, 1.54) is 51.6 Å². The molecule has 0 spiro atoms. The molecule has 1 aliphatic carbocycles. The molecule has 0 heterocycles. The third-order valence-corrected chi connectivity index (χ3v) is 4.34. The van der Waals surface area contributed by atoms with Gasteiger partial charge in [0.1, 0.15) is 0 Å². The predicted molar refractivity (Wildman–Crippen MR) is 76.2 cm³/mol. The topological polar surface area (TPSA) is 29.3 Å². The van der Waals surface area contributed by atoms with Gasteiger partial charge < -0.3 is 5.73 Å². The van der Waals surface area contributed by atoms with Crippen LogP contribution in [0, 0.1) is 5.41 Å². The Morgan fingerprint density at radius 1 is 1.06 bits per heavy atom. The van der Waals surface area contributed by atoms with Gasteiger partial charge in [0.05, 0.1) is 0 Å². The van der Waals surface area contributed by atoms with Crippen molar-refractivity contribution in [2.75, 3.05) is 19.6 Å². The van der Waals surface area contributed by atoms with Gasteiger partial charge in [-0.3, -0.25) is 4.90 Å². The molecule has 1 saturated carbocycles. The van der Waals surface area contributed by atoms with E-state index >= 15 is 0 Å². The zero-order chi connectivity index (χ0) is 12.9. The Balaban J connectivity index is 2.83. The van der Waals surface area contributed by atoms with Crippen LogP contribution in [0.2, 0.25) is 0 Å². The molecule has 1 rings (SSSR count). The molecule has 0 radical (unpaired) electrons. The van der Waals surface area contributed by atoms with Crippen LogP contribution in [0.3, 0.4) is 0 Å². The third kappa shape index (κ3) is 3.69. The molecule has 0 aliphatic heterocycles. The van der Waals surface area contributed by atoms with Gasteiger partial charge in [-0.25, -0.2) is 0 Å². The van der Waals surface area contributed by atoms with Gasteiger partial charge in [-0.2, -0.15) is 0 Å². The van der Waals surface area contributed by atoms with Crippen LogP contribution in [0.15, 0.2) is 0 Å². The summed E-state index contributed by atoms with van der Waals surface area (Å²) in [6.07, 6.45) is 7.75. The van der Waals surface area contributed by atoms with Crippen LogP contribution < -0.4 is 5.73 Å². The smallest absolute Gasteiger partial charge is 0.0336 e. The van der Waals surface area contributed by atoms with Crippen molar-refractivity contribution in [3.8, 4) is 0 Å². The van der Waals surface area contributed by atoms with Crippen LogP contribution in [-0.4, -0.2) is 30.1 Å². The quantitative estimate of drug-likeness (QED) is 0.771. The molecular formula is C15H32N2. The van der Waals surface area contributed by atoms with Crippen LogP contribution in [0.25, 0.3) is 0 Å². The van der Waals surface area contributed by atoms with Gasteiger partial charge in [-0.1, -0.05) is 34.1 Å². The standard InChI is InChI=1S/C15H32N2/c1-5-10-17(11-6-2)15(13-16)9-7-8-14(3,4)12-15/h5-13,16H2,1-4H3. The average molecular weight is 240 g/mol. The van der Waals surface area contributed by atoms with Gasteiger partial charge >= 0.3 is 0 Å². The van der Waals surface area contributed by atoms with Crippen molar-refractivity contribution in [2.45, 2.75) is 71.8 Å². The van der Waals surface area contributed by atoms with Crippen LogP contribution in [0.5, 0.6) is 0 Å². The minimum atomic E-state index is 0.285. The molecule has 0 saturated heterocycles. The van der Waals surface area contributed by atoms with Crippen molar-refractivity contribution in [1.82, 2.24) is 4.90 Å². The van der Waals surface area contributed by atoms with Crippen molar-refractivity contribution < 1.29 is 0 Å². The maximum absolute atomic E-state index is 6.18. The predicted octanol–water partition coefficient (Wildman–Crippen LogP) is 3.41. The van der Waals surface area contributed by atoms with Crippen molar-refractivity contribution in [3.63, 3.8) is 0 Å². The fraction of sp³-hybridized carbons (Fsp3) is 1.00. The van der Waals surface area contributed by atoms with Gasteiger partial charge in [0.25, 0.3) is 0 Å². The van der Waals surface area contributed by atoms with Gasteiger partial charge in [-0.05, 0) is 50.6 Å². The lowest BCUT2D eigenvalue weighted by atomic mass is 9.67. The van der Waals surface area contributed by atoms with Gasteiger partial charge in [-0.15, -0.1) is 0 Å². The summed E-state index contributed by atoms with van der Waals surface area (Å²) in [6.45, 7) is 12.6. The second-order valence-corrected chi connectivity index (χ2v) is 6.61. The van der Waals surface area contributed by atoms with Crippen molar-refractivity contribution in [3.05, 3.63) is 0 Å². The second kappa shape index (κ2) is 6.19. The van der Waals surface area contributed by atoms with Crippen LogP contribution >= 0.6 is 0 Å². The highest BCUT2D eigenvalue weighted by Gasteiger charge is 2.42. The summed E-state index contributed by atoms with van der Waals surface area (Å²) >= 11 is 0. The van der Waals surface area contributed by atoms with E-state index < -0.39 is 0 Å². The first-order chi connectivity index (χ1) is 7.99. The lowest BCUT2D eigenvalue weighted by Crippen LogP contribution is -2.58. The highest BCUT2D eigenvalue weighted by Crippen LogP contribution is 2.43. The van der Waals surface area contributed by atoms with Crippen LogP contribution in [0.1, 0.15) is 66.2 Å². The SMILES string of the molecule is CCCN(CCC)C1(CN)CCCC(C)(C)C1. The molecule has 0 amide bonds. The first kappa shape index (κ1) is 15.0. The lowest BCUT2D eigenvalue weighted by Gasteiger charge is -2.51. The van der Waals surface area contributed by atoms with Gasteiger partial charge in [0.2, 0.25) is 0 Å². The summed E-state index contributed by atoms with van der Waals surface area (Å²) in [5.41, 5.74) is 6.93. The monoisotopic (exact) mass is 240 g/mol. The normalized spacial score (nSPS) is 28.6. The van der Waals surface area contributed by atoms with E-state index in [0.717, 1.165) is 6.54 Å². The largest absolute Gasteiger partial charge is 0.329 e. The van der Waals surface area contributed by atoms with Crippen LogP contribution in [-0.2, 0) is 0 Å². The van der Waals surface area contributed by atoms with E-state index in [-0.39, 0.29) is 5.54 Å². The Hall–Kier alpha value is -0.0800. The number of rotatable bonds is 6. The average Bonchev–Trinajstić information content (AvgIpc) is 2.27. The van der Waals surface area contributed by atoms with Crippen LogP contribution in [0.4, 0.5) is 0 Å². The highest BCUT2D eigenvalue weighted by atomic mass is 15.2. The van der Waals surface area contributed by atoms with Crippen molar-refractivity contribution in [1.29, 1.82) is 0 Å². The molecule has 1 unspecified atom stereocenters. The number of nitrogens with zero attached hydrogens (tertiary/aromatic N) is 1. The Labute approximate surface area is 108 Å². The Morgan fingerprint density at radius 3 is 2.06 bits per heavy atom. The first-order valence-electron chi connectivity index (χ1n) is 7.45. The molecule has 0 aromatic rings. The summed E-state index contributed by atoms with van der Waals surface area (Å²) in [5.74, 6) is 0. The fourth-order valence-electron chi connectivity index (χ4n) is 3.66. The molecule has 102 valence electrons. The van der Waals surface area contributed by atoms with E-state index in [1.54, 1.807) is 0 Å². The molecule has 0 aromatic carbocycles. The zero-order valence-corrected chi connectivity index (χ0v) is 12.4. The maximum atomic E-state index is 6.18. The van der Waals surface area contributed by atoms with Gasteiger partial charge in [0, 0.05) is 12.1 Å². The van der Waals surface area contributed by atoms with Crippen molar-refractivity contribution in [2.24, 2.45) is 11.1 Å². The number of nitrogens with two attached hydrogens (primary N) is 1. The summed E-state index contributed by atoms with van der Waals surface area (Å²) < 4.78 is 0. The molecule has 17 heavy (non-hydrogen) atoms. The molecule has 0 aromatic heterocycles. The lowest BCUT2D eigenvalue weighted by molar-refractivity contribution is 0.00959. The van der Waals surface area contributed by atoms with Crippen molar-refractivity contribution >= 4 is 0 Å². The van der Waals surface area contributed by atoms with Gasteiger partial charge in [0.15, 0.2) is 0 Å². The number of hydrogen-bond donors (Lipinski definition) is 1. The molecule has 2 nitrogen and oxygen atoms in total. The Bertz CT molecular complexity index is 219. The molecule has 1 fully saturated rings. The highest BCUT2D eigenvalue weighted by molar-refractivity contribution is 4.99. The molecule has 1 aliphatic rings. The van der Waals surface area contributed by atoms with E-state index in [2.05, 4.69) is 32.6 Å². The minimum Gasteiger partial charge on any atom is -0.329 e. The third-order valence-electron chi connectivity index (χ3n) is 4.34. The zero-order valence-electron chi connectivity index (χ0n) is 12.4. The number of hydrogen-bond acceptors (Lipinski definition) is 2. The van der Waals surface area contributed by atoms with E-state index in [1.807, 2.05) is 0 Å². The van der Waals surface area contributed by atoms with E-state index in [9.17, 15) is 0 Å². The molecule has 2 heteroatoms. The molecule has 2 N–H and O–H groups in total. The van der Waals surface area contributed by atoms with E-state index in [0.29, 0.717) is 5.41 Å². The second-order valence-electron chi connectivity index (χ2n) is 6.61. The molecular weight excluding hydrogens is 208 g/mol. The summed E-state index contributed by atoms with van der Waals surface area (Å²) in [7, 11) is 0. The molecule has 0 bridgehead atoms. The minimum absolute atomic E-state index is 0.285. The molecule has 1 atom stereocenters. The fourth-order valence-corrected chi connectivity index (χ4v) is 3.66. The summed E-state index contributed by atoms with van der Waals surface area (Å²) in [6, 6.07) is 0. The summed E-state index contributed by atoms with van der Waals surface area (Å²) in [5, 5.41) is 0. The Morgan fingerprint density at radius 2 is 1.65 bits per heavy atom. The Kier molecular flexibility index (Phi) is 5.46.